The molecule has 5 nitrogen and oxygen atoms in total. The van der Waals surface area contributed by atoms with Gasteiger partial charge in [0.05, 0.1) is 0 Å². The van der Waals surface area contributed by atoms with E-state index < -0.39 is 24.8 Å². The zero-order chi connectivity index (χ0) is 15.9. The molecule has 0 saturated heterocycles. The molecule has 0 fully saturated rings. The first-order chi connectivity index (χ1) is 9.78. The number of carbonyl (C=O) groups excluding carboxylic acids is 2. The molecule has 8 heteroatoms. The quantitative estimate of drug-likeness (QED) is 0.874. The molecule has 21 heavy (non-hydrogen) atoms. The summed E-state index contributed by atoms with van der Waals surface area (Å²) in [5.74, 6) is -0.656. The van der Waals surface area contributed by atoms with Gasteiger partial charge < -0.3 is 15.4 Å². The smallest absolute Gasteiger partial charge is 0.422 e. The summed E-state index contributed by atoms with van der Waals surface area (Å²) in [7, 11) is 0. The summed E-state index contributed by atoms with van der Waals surface area (Å²) < 4.78 is 40.3. The fourth-order valence-corrected chi connectivity index (χ4v) is 1.52. The number of amides is 2. The van der Waals surface area contributed by atoms with Gasteiger partial charge in [-0.15, -0.1) is 0 Å². The van der Waals surface area contributed by atoms with Crippen LogP contribution in [0.1, 0.15) is 12.0 Å². The minimum atomic E-state index is -4.60. The van der Waals surface area contributed by atoms with Gasteiger partial charge in [0, 0.05) is 19.5 Å². The Labute approximate surface area is 119 Å². The molecule has 0 radical (unpaired) electrons. The molecule has 0 saturated carbocycles. The topological polar surface area (TPSA) is 72.6 Å². The minimum Gasteiger partial charge on any atom is -0.440 e. The van der Waals surface area contributed by atoms with Crippen LogP contribution in [-0.4, -0.2) is 36.2 Å². The summed E-state index contributed by atoms with van der Waals surface area (Å²) in [4.78, 5) is 23.4. The summed E-state index contributed by atoms with van der Waals surface area (Å²) in [6.07, 6.45) is -5.90. The van der Waals surface area contributed by atoms with E-state index in [1.165, 1.54) is 0 Å². The van der Waals surface area contributed by atoms with Gasteiger partial charge in [0.25, 0.3) is 0 Å². The van der Waals surface area contributed by atoms with Gasteiger partial charge in [-0.1, -0.05) is 30.3 Å². The Hall–Kier alpha value is -2.25. The zero-order valence-electron chi connectivity index (χ0n) is 11.1. The van der Waals surface area contributed by atoms with E-state index in [4.69, 9.17) is 5.73 Å². The van der Waals surface area contributed by atoms with Crippen LogP contribution >= 0.6 is 0 Å². The van der Waals surface area contributed by atoms with Crippen LogP contribution in [0.2, 0.25) is 0 Å². The molecule has 0 spiro atoms. The molecule has 0 aliphatic heterocycles. The Morgan fingerprint density at radius 3 is 2.33 bits per heavy atom. The number of rotatable bonds is 6. The van der Waals surface area contributed by atoms with Crippen molar-refractivity contribution in [2.24, 2.45) is 5.73 Å². The molecule has 2 amide bonds. The average molecular weight is 304 g/mol. The minimum absolute atomic E-state index is 0.0326. The molecular formula is C13H15F3N2O3. The van der Waals surface area contributed by atoms with Crippen molar-refractivity contribution in [1.29, 1.82) is 0 Å². The van der Waals surface area contributed by atoms with Gasteiger partial charge in [-0.2, -0.15) is 13.2 Å². The zero-order valence-corrected chi connectivity index (χ0v) is 11.1. The molecule has 0 aliphatic rings. The number of halogens is 3. The molecule has 0 heterocycles. The second-order valence-electron chi connectivity index (χ2n) is 4.29. The van der Waals surface area contributed by atoms with E-state index >= 15 is 0 Å². The third-order valence-electron chi connectivity index (χ3n) is 2.46. The van der Waals surface area contributed by atoms with Gasteiger partial charge in [0.15, 0.2) is 6.61 Å². The van der Waals surface area contributed by atoms with Crippen molar-refractivity contribution < 1.29 is 27.5 Å². The maximum Gasteiger partial charge on any atom is 0.422 e. The number of hydrogen-bond acceptors (Lipinski definition) is 3. The van der Waals surface area contributed by atoms with Crippen LogP contribution in [-0.2, 0) is 16.1 Å². The summed E-state index contributed by atoms with van der Waals surface area (Å²) in [6, 6.07) is 8.62. The van der Waals surface area contributed by atoms with E-state index in [2.05, 4.69) is 4.74 Å². The average Bonchev–Trinajstić information content (AvgIpc) is 2.41. The Balaban J connectivity index is 2.67. The number of carbonyl (C=O) groups is 2. The molecule has 0 bridgehead atoms. The number of nitrogens with zero attached hydrogens (tertiary/aromatic N) is 1. The van der Waals surface area contributed by atoms with E-state index in [0.717, 1.165) is 4.90 Å². The maximum atomic E-state index is 12.1. The predicted octanol–water partition coefficient (Wildman–Crippen LogP) is 2.06. The van der Waals surface area contributed by atoms with E-state index in [0.29, 0.717) is 5.56 Å². The molecule has 1 aromatic rings. The highest BCUT2D eigenvalue weighted by atomic mass is 19.4. The lowest BCUT2D eigenvalue weighted by Crippen LogP contribution is -2.36. The summed E-state index contributed by atoms with van der Waals surface area (Å²) in [6.45, 7) is -1.75. The first-order valence-corrected chi connectivity index (χ1v) is 6.08. The Kier molecular flexibility index (Phi) is 6.01. The number of ether oxygens (including phenoxy) is 1. The van der Waals surface area contributed by atoms with Gasteiger partial charge in [-0.25, -0.2) is 4.79 Å². The maximum absolute atomic E-state index is 12.1. The fraction of sp³-hybridized carbons (Fsp3) is 0.385. The van der Waals surface area contributed by atoms with Crippen molar-refractivity contribution in [1.82, 2.24) is 4.90 Å². The van der Waals surface area contributed by atoms with Crippen LogP contribution in [0.3, 0.4) is 0 Å². The normalized spacial score (nSPS) is 11.0. The SMILES string of the molecule is NC(=O)CCN(Cc1ccccc1)C(=O)OCC(F)(F)F. The Morgan fingerprint density at radius 2 is 1.81 bits per heavy atom. The standard InChI is InChI=1S/C13H15F3N2O3/c14-13(15,16)9-21-12(20)18(7-6-11(17)19)8-10-4-2-1-3-5-10/h1-5H,6-9H2,(H2,17,19). The van der Waals surface area contributed by atoms with E-state index in [1.54, 1.807) is 30.3 Å². The molecule has 2 N–H and O–H groups in total. The number of primary amides is 1. The van der Waals surface area contributed by atoms with Crippen LogP contribution in [0.25, 0.3) is 0 Å². The van der Waals surface area contributed by atoms with Crippen LogP contribution in [0.5, 0.6) is 0 Å². The molecule has 116 valence electrons. The highest BCUT2D eigenvalue weighted by molar-refractivity contribution is 5.75. The molecule has 1 aromatic carbocycles. The van der Waals surface area contributed by atoms with Crippen molar-refractivity contribution in [3.8, 4) is 0 Å². The van der Waals surface area contributed by atoms with Gasteiger partial charge in [0.2, 0.25) is 5.91 Å². The lowest BCUT2D eigenvalue weighted by Gasteiger charge is -2.22. The molecule has 0 aliphatic carbocycles. The fourth-order valence-electron chi connectivity index (χ4n) is 1.52. The highest BCUT2D eigenvalue weighted by Crippen LogP contribution is 2.16. The van der Waals surface area contributed by atoms with Crippen LogP contribution in [0, 0.1) is 0 Å². The van der Waals surface area contributed by atoms with Gasteiger partial charge in [-0.3, -0.25) is 4.79 Å². The highest BCUT2D eigenvalue weighted by Gasteiger charge is 2.30. The summed E-state index contributed by atoms with van der Waals surface area (Å²) in [5.41, 5.74) is 5.68. The monoisotopic (exact) mass is 304 g/mol. The summed E-state index contributed by atoms with van der Waals surface area (Å²) >= 11 is 0. The second-order valence-corrected chi connectivity index (χ2v) is 4.29. The van der Waals surface area contributed by atoms with Crippen LogP contribution in [0.4, 0.5) is 18.0 Å². The first kappa shape index (κ1) is 16.8. The number of nitrogens with two attached hydrogens (primary N) is 1. The van der Waals surface area contributed by atoms with Crippen LogP contribution in [0.15, 0.2) is 30.3 Å². The molecular weight excluding hydrogens is 289 g/mol. The largest absolute Gasteiger partial charge is 0.440 e. The van der Waals surface area contributed by atoms with Crippen molar-refractivity contribution in [2.45, 2.75) is 19.1 Å². The van der Waals surface area contributed by atoms with E-state index in [9.17, 15) is 22.8 Å². The molecule has 0 atom stereocenters. The van der Waals surface area contributed by atoms with Crippen molar-refractivity contribution in [2.75, 3.05) is 13.2 Å². The lowest BCUT2D eigenvalue weighted by atomic mass is 10.2. The van der Waals surface area contributed by atoms with Crippen molar-refractivity contribution in [3.63, 3.8) is 0 Å². The van der Waals surface area contributed by atoms with Crippen molar-refractivity contribution >= 4 is 12.0 Å². The molecule has 0 unspecified atom stereocenters. The van der Waals surface area contributed by atoms with Crippen LogP contribution < -0.4 is 5.73 Å². The van der Waals surface area contributed by atoms with E-state index in [1.807, 2.05) is 0 Å². The third-order valence-corrected chi connectivity index (χ3v) is 2.46. The van der Waals surface area contributed by atoms with Gasteiger partial charge >= 0.3 is 12.3 Å². The Morgan fingerprint density at radius 1 is 1.19 bits per heavy atom. The number of hydrogen-bond donors (Lipinski definition) is 1. The lowest BCUT2D eigenvalue weighted by molar-refractivity contribution is -0.162. The van der Waals surface area contributed by atoms with Crippen molar-refractivity contribution in [3.05, 3.63) is 35.9 Å². The second kappa shape index (κ2) is 7.51. The van der Waals surface area contributed by atoms with Gasteiger partial charge in [-0.05, 0) is 5.56 Å². The molecule has 0 aromatic heterocycles. The molecule has 1 rings (SSSR count). The van der Waals surface area contributed by atoms with E-state index in [-0.39, 0.29) is 19.5 Å². The number of benzene rings is 1. The third kappa shape index (κ3) is 7.19. The number of alkyl halides is 3. The predicted molar refractivity (Wildman–Crippen MR) is 68.1 cm³/mol. The first-order valence-electron chi connectivity index (χ1n) is 6.08. The summed E-state index contributed by atoms with van der Waals surface area (Å²) in [5, 5.41) is 0. The Bertz CT molecular complexity index is 477. The van der Waals surface area contributed by atoms with Gasteiger partial charge in [0.1, 0.15) is 0 Å².